The normalized spacial score (nSPS) is 39.3. The van der Waals surface area contributed by atoms with Crippen molar-refractivity contribution in [1.82, 2.24) is 9.80 Å². The van der Waals surface area contributed by atoms with Crippen molar-refractivity contribution in [2.75, 3.05) is 36.6 Å². The Bertz CT molecular complexity index is 120. The van der Waals surface area contributed by atoms with Gasteiger partial charge in [-0.15, -0.1) is 23.5 Å². The lowest BCUT2D eigenvalue weighted by atomic mass is 10.3. The van der Waals surface area contributed by atoms with Crippen molar-refractivity contribution in [3.05, 3.63) is 0 Å². The molecular weight excluding hydrogens is 176 g/mol. The number of nitrogens with zero attached hydrogens (tertiary/aromatic N) is 2. The Kier molecular flexibility index (Phi) is 3.01. The summed E-state index contributed by atoms with van der Waals surface area (Å²) in [4.78, 5) is 5.10. The molecular formula is C7H14N2S2. The first kappa shape index (κ1) is 8.23. The molecule has 0 amide bonds. The molecule has 2 saturated heterocycles. The molecule has 0 spiro atoms. The fraction of sp³-hybridized carbons (Fsp3) is 1.00. The van der Waals surface area contributed by atoms with Gasteiger partial charge in [-0.2, -0.15) is 0 Å². The van der Waals surface area contributed by atoms with E-state index in [1.165, 1.54) is 43.0 Å². The molecule has 2 rings (SSSR count). The third-order valence-electron chi connectivity index (χ3n) is 2.06. The summed E-state index contributed by atoms with van der Waals surface area (Å²) in [5.74, 6) is 2.48. The summed E-state index contributed by atoms with van der Waals surface area (Å²) in [6, 6.07) is 0. The first-order valence-electron chi connectivity index (χ1n) is 4.05. The second-order valence-corrected chi connectivity index (χ2v) is 5.34. The lowest BCUT2D eigenvalue weighted by molar-refractivity contribution is 0.121. The summed E-state index contributed by atoms with van der Waals surface area (Å²) in [5, 5.41) is 1.27. The monoisotopic (exact) mass is 190 g/mol. The quantitative estimate of drug-likeness (QED) is 0.568. The van der Waals surface area contributed by atoms with Crippen LogP contribution in [0.1, 0.15) is 6.42 Å². The molecule has 0 aromatic carbocycles. The molecule has 4 heteroatoms. The standard InChI is InChI=1S/C7H14N2S2/c1-2-8-4-9(3-1)6-11-7-10-5-8/h1-7H2. The second kappa shape index (κ2) is 4.03. The Morgan fingerprint density at radius 3 is 2.18 bits per heavy atom. The van der Waals surface area contributed by atoms with Crippen LogP contribution in [0.25, 0.3) is 0 Å². The lowest BCUT2D eigenvalue weighted by Gasteiger charge is -2.36. The van der Waals surface area contributed by atoms with Crippen LogP contribution in [0.3, 0.4) is 0 Å². The van der Waals surface area contributed by atoms with Crippen molar-refractivity contribution in [3.63, 3.8) is 0 Å². The Hall–Kier alpha value is 0.620. The summed E-state index contributed by atoms with van der Waals surface area (Å²) >= 11 is 4.12. The SMILES string of the molecule is C1CN2CSCSCN(C1)C2. The summed E-state index contributed by atoms with van der Waals surface area (Å²) in [6.45, 7) is 3.84. The van der Waals surface area contributed by atoms with Crippen LogP contribution in [0.5, 0.6) is 0 Å². The van der Waals surface area contributed by atoms with Crippen LogP contribution in [0.2, 0.25) is 0 Å². The zero-order valence-corrected chi connectivity index (χ0v) is 8.29. The molecule has 0 aliphatic carbocycles. The fourth-order valence-corrected chi connectivity index (χ4v) is 3.55. The van der Waals surface area contributed by atoms with E-state index < -0.39 is 0 Å². The molecule has 2 bridgehead atoms. The Labute approximate surface area is 76.7 Å². The Morgan fingerprint density at radius 2 is 1.55 bits per heavy atom. The van der Waals surface area contributed by atoms with Gasteiger partial charge < -0.3 is 0 Å². The average molecular weight is 190 g/mol. The first-order valence-corrected chi connectivity index (χ1v) is 6.36. The van der Waals surface area contributed by atoms with E-state index in [9.17, 15) is 0 Å². The van der Waals surface area contributed by atoms with E-state index in [0.717, 1.165) is 0 Å². The molecule has 11 heavy (non-hydrogen) atoms. The largest absolute Gasteiger partial charge is 0.281 e. The minimum atomic E-state index is 1.21. The number of thioether (sulfide) groups is 2. The van der Waals surface area contributed by atoms with Gasteiger partial charge in [0, 0.05) is 29.9 Å². The predicted octanol–water partition coefficient (Wildman–Crippen LogP) is 1.30. The van der Waals surface area contributed by atoms with Crippen LogP contribution in [0, 0.1) is 0 Å². The Balaban J connectivity index is 1.90. The summed E-state index contributed by atoms with van der Waals surface area (Å²) in [7, 11) is 0. The van der Waals surface area contributed by atoms with E-state index in [1.807, 2.05) is 0 Å². The topological polar surface area (TPSA) is 6.48 Å². The smallest absolute Gasteiger partial charge is 0.0521 e. The minimum absolute atomic E-state index is 1.21. The summed E-state index contributed by atoms with van der Waals surface area (Å²) < 4.78 is 0. The molecule has 2 atom stereocenters. The third kappa shape index (κ3) is 2.28. The van der Waals surface area contributed by atoms with Crippen LogP contribution >= 0.6 is 23.5 Å². The van der Waals surface area contributed by atoms with E-state index in [0.29, 0.717) is 0 Å². The lowest BCUT2D eigenvalue weighted by Crippen LogP contribution is -2.45. The van der Waals surface area contributed by atoms with Gasteiger partial charge in [0.1, 0.15) is 0 Å². The van der Waals surface area contributed by atoms with Crippen molar-refractivity contribution >= 4 is 23.5 Å². The maximum atomic E-state index is 2.55. The maximum absolute atomic E-state index is 2.55. The Morgan fingerprint density at radius 1 is 0.909 bits per heavy atom. The van der Waals surface area contributed by atoms with Gasteiger partial charge in [0.25, 0.3) is 0 Å². The third-order valence-corrected chi connectivity index (χ3v) is 4.49. The highest BCUT2D eigenvalue weighted by Crippen LogP contribution is 2.21. The molecule has 64 valence electrons. The molecule has 0 aromatic heterocycles. The van der Waals surface area contributed by atoms with Crippen molar-refractivity contribution in [2.45, 2.75) is 6.42 Å². The van der Waals surface area contributed by atoms with Gasteiger partial charge in [-0.25, -0.2) is 0 Å². The molecule has 0 saturated carbocycles. The molecule has 2 aliphatic rings. The zero-order valence-electron chi connectivity index (χ0n) is 6.66. The van der Waals surface area contributed by atoms with Gasteiger partial charge in [-0.05, 0) is 6.42 Å². The van der Waals surface area contributed by atoms with Crippen molar-refractivity contribution < 1.29 is 0 Å². The minimum Gasteiger partial charge on any atom is -0.281 e. The average Bonchev–Trinajstić information content (AvgIpc) is 2.02. The van der Waals surface area contributed by atoms with E-state index in [-0.39, 0.29) is 0 Å². The highest BCUT2D eigenvalue weighted by molar-refractivity contribution is 8.15. The molecule has 2 heterocycles. The first-order chi connectivity index (χ1) is 5.45. The summed E-state index contributed by atoms with van der Waals surface area (Å²) in [6.07, 6.45) is 1.36. The van der Waals surface area contributed by atoms with Crippen LogP contribution in [0.15, 0.2) is 0 Å². The van der Waals surface area contributed by atoms with Crippen molar-refractivity contribution in [1.29, 1.82) is 0 Å². The molecule has 2 fully saturated rings. The number of fused-ring (bicyclic) bond motifs is 2. The zero-order chi connectivity index (χ0) is 7.52. The molecule has 0 aromatic rings. The van der Waals surface area contributed by atoms with Gasteiger partial charge in [-0.1, -0.05) is 0 Å². The maximum Gasteiger partial charge on any atom is 0.0521 e. The van der Waals surface area contributed by atoms with E-state index in [1.54, 1.807) is 0 Å². The van der Waals surface area contributed by atoms with Crippen molar-refractivity contribution in [3.8, 4) is 0 Å². The summed E-state index contributed by atoms with van der Waals surface area (Å²) in [5.41, 5.74) is 0. The number of rotatable bonds is 0. The highest BCUT2D eigenvalue weighted by atomic mass is 32.2. The van der Waals surface area contributed by atoms with Gasteiger partial charge in [0.05, 0.1) is 6.67 Å². The fourth-order valence-electron chi connectivity index (χ4n) is 1.54. The van der Waals surface area contributed by atoms with E-state index in [2.05, 4.69) is 33.3 Å². The predicted molar refractivity (Wildman–Crippen MR) is 52.7 cm³/mol. The molecule has 0 radical (unpaired) electrons. The number of hydrogen-bond acceptors (Lipinski definition) is 4. The second-order valence-electron chi connectivity index (χ2n) is 3.07. The van der Waals surface area contributed by atoms with Gasteiger partial charge in [-0.3, -0.25) is 9.80 Å². The van der Waals surface area contributed by atoms with Crippen LogP contribution in [-0.4, -0.2) is 46.4 Å². The van der Waals surface area contributed by atoms with Crippen LogP contribution in [-0.2, 0) is 0 Å². The van der Waals surface area contributed by atoms with Gasteiger partial charge in [0.15, 0.2) is 0 Å². The van der Waals surface area contributed by atoms with Crippen LogP contribution < -0.4 is 0 Å². The van der Waals surface area contributed by atoms with E-state index >= 15 is 0 Å². The molecule has 2 nitrogen and oxygen atoms in total. The van der Waals surface area contributed by atoms with Gasteiger partial charge >= 0.3 is 0 Å². The molecule has 0 N–H and O–H groups in total. The van der Waals surface area contributed by atoms with Gasteiger partial charge in [0.2, 0.25) is 0 Å². The van der Waals surface area contributed by atoms with Crippen LogP contribution in [0.4, 0.5) is 0 Å². The molecule has 2 aliphatic heterocycles. The highest BCUT2D eigenvalue weighted by Gasteiger charge is 2.18. The number of hydrogen-bond donors (Lipinski definition) is 0. The van der Waals surface area contributed by atoms with E-state index in [4.69, 9.17) is 0 Å². The molecule has 2 unspecified atom stereocenters. The van der Waals surface area contributed by atoms with Crippen molar-refractivity contribution in [2.24, 2.45) is 0 Å².